The Hall–Kier alpha value is -2.04. The van der Waals surface area contributed by atoms with Crippen LogP contribution in [0.4, 0.5) is 11.4 Å². The highest BCUT2D eigenvalue weighted by Crippen LogP contribution is 2.48. The molecule has 2 N–H and O–H groups in total. The van der Waals surface area contributed by atoms with Gasteiger partial charge in [-0.1, -0.05) is 6.42 Å². The fourth-order valence-electron chi connectivity index (χ4n) is 4.09. The van der Waals surface area contributed by atoms with Crippen LogP contribution in [-0.2, 0) is 9.59 Å². The Labute approximate surface area is 129 Å². The summed E-state index contributed by atoms with van der Waals surface area (Å²) in [7, 11) is 0. The quantitative estimate of drug-likeness (QED) is 0.882. The number of fused-ring (bicyclic) bond motifs is 3. The van der Waals surface area contributed by atoms with Crippen molar-refractivity contribution in [2.45, 2.75) is 38.7 Å². The van der Waals surface area contributed by atoms with Crippen LogP contribution in [0.15, 0.2) is 18.2 Å². The maximum atomic E-state index is 12.5. The molecule has 1 aliphatic heterocycles. The molecule has 5 heteroatoms. The van der Waals surface area contributed by atoms with Crippen molar-refractivity contribution >= 4 is 23.2 Å². The summed E-state index contributed by atoms with van der Waals surface area (Å²) in [6, 6.07) is 5.39. The number of hydrogen-bond acceptors (Lipinski definition) is 3. The van der Waals surface area contributed by atoms with Gasteiger partial charge in [-0.05, 0) is 56.2 Å². The van der Waals surface area contributed by atoms with E-state index in [1.807, 2.05) is 6.07 Å². The first-order chi connectivity index (χ1) is 10.6. The summed E-state index contributed by atoms with van der Waals surface area (Å²) in [5, 5.41) is 5.80. The van der Waals surface area contributed by atoms with E-state index in [4.69, 9.17) is 4.74 Å². The number of benzene rings is 1. The average molecular weight is 300 g/mol. The summed E-state index contributed by atoms with van der Waals surface area (Å²) in [6.07, 6.45) is 4.23. The van der Waals surface area contributed by atoms with Crippen molar-refractivity contribution in [2.75, 3.05) is 10.6 Å². The highest BCUT2D eigenvalue weighted by Gasteiger charge is 2.43. The molecule has 1 aromatic rings. The summed E-state index contributed by atoms with van der Waals surface area (Å²) >= 11 is 0. The van der Waals surface area contributed by atoms with Crippen LogP contribution in [0.5, 0.6) is 5.75 Å². The lowest BCUT2D eigenvalue weighted by atomic mass is 9.88. The molecule has 22 heavy (non-hydrogen) atoms. The summed E-state index contributed by atoms with van der Waals surface area (Å²) in [5.74, 6) is 2.06. The first-order valence-electron chi connectivity index (χ1n) is 8.02. The number of carbonyl (C=O) groups excluding carboxylic acids is 2. The minimum Gasteiger partial charge on any atom is -0.479 e. The summed E-state index contributed by atoms with van der Waals surface area (Å²) < 4.78 is 5.52. The van der Waals surface area contributed by atoms with Crippen molar-refractivity contribution in [1.82, 2.24) is 0 Å². The Morgan fingerprint density at radius 3 is 2.91 bits per heavy atom. The van der Waals surface area contributed by atoms with E-state index in [-0.39, 0.29) is 17.7 Å². The third-order valence-electron chi connectivity index (χ3n) is 5.25. The molecule has 1 aromatic carbocycles. The molecule has 2 amide bonds. The number of anilines is 2. The molecular weight excluding hydrogens is 280 g/mol. The fourth-order valence-corrected chi connectivity index (χ4v) is 4.09. The molecule has 4 atom stereocenters. The van der Waals surface area contributed by atoms with Gasteiger partial charge in [0.05, 0.1) is 5.69 Å². The monoisotopic (exact) mass is 300 g/mol. The predicted molar refractivity (Wildman–Crippen MR) is 82.7 cm³/mol. The van der Waals surface area contributed by atoms with E-state index in [0.29, 0.717) is 23.0 Å². The predicted octanol–water partition coefficient (Wildman–Crippen LogP) is 2.78. The van der Waals surface area contributed by atoms with E-state index < -0.39 is 6.10 Å². The molecular formula is C17H20N2O3. The molecule has 116 valence electrons. The number of rotatable bonds is 2. The van der Waals surface area contributed by atoms with E-state index in [1.54, 1.807) is 19.1 Å². The van der Waals surface area contributed by atoms with Crippen molar-refractivity contribution in [3.05, 3.63) is 18.2 Å². The zero-order valence-electron chi connectivity index (χ0n) is 12.6. The smallest absolute Gasteiger partial charge is 0.265 e. The topological polar surface area (TPSA) is 67.4 Å². The summed E-state index contributed by atoms with van der Waals surface area (Å²) in [6.45, 7) is 1.71. The number of ether oxygens (including phenoxy) is 1. The lowest BCUT2D eigenvalue weighted by Crippen LogP contribution is -2.34. The Kier molecular flexibility index (Phi) is 3.10. The molecule has 0 aromatic heterocycles. The second-order valence-electron chi connectivity index (χ2n) is 6.73. The second kappa shape index (κ2) is 5.00. The normalized spacial score (nSPS) is 32.1. The summed E-state index contributed by atoms with van der Waals surface area (Å²) in [4.78, 5) is 24.1. The van der Waals surface area contributed by atoms with Crippen LogP contribution < -0.4 is 15.4 Å². The molecule has 0 saturated heterocycles. The molecule has 2 saturated carbocycles. The third kappa shape index (κ3) is 2.25. The molecule has 2 aliphatic carbocycles. The lowest BCUT2D eigenvalue weighted by Gasteiger charge is -2.24. The molecule has 0 radical (unpaired) electrons. The van der Waals surface area contributed by atoms with E-state index in [1.165, 1.54) is 19.3 Å². The SMILES string of the molecule is C[C@H]1Oc2ccc(NC(=O)[C@@H]3C[C@H]4CC[C@H]3C4)cc2NC1=O. The zero-order valence-corrected chi connectivity index (χ0v) is 12.6. The van der Waals surface area contributed by atoms with Crippen LogP contribution in [0.2, 0.25) is 0 Å². The largest absolute Gasteiger partial charge is 0.479 e. The highest BCUT2D eigenvalue weighted by molar-refractivity contribution is 5.99. The molecule has 5 nitrogen and oxygen atoms in total. The molecule has 1 heterocycles. The number of hydrogen-bond donors (Lipinski definition) is 2. The van der Waals surface area contributed by atoms with Crippen molar-refractivity contribution in [3.8, 4) is 5.75 Å². The summed E-state index contributed by atoms with van der Waals surface area (Å²) in [5.41, 5.74) is 1.33. The molecule has 2 fully saturated rings. The molecule has 0 unspecified atom stereocenters. The van der Waals surface area contributed by atoms with Gasteiger partial charge in [0.2, 0.25) is 5.91 Å². The van der Waals surface area contributed by atoms with Gasteiger partial charge >= 0.3 is 0 Å². The number of amides is 2. The molecule has 3 aliphatic rings. The van der Waals surface area contributed by atoms with Gasteiger partial charge in [-0.2, -0.15) is 0 Å². The van der Waals surface area contributed by atoms with Gasteiger partial charge in [0, 0.05) is 11.6 Å². The van der Waals surface area contributed by atoms with Crippen LogP contribution in [0.25, 0.3) is 0 Å². The van der Waals surface area contributed by atoms with Crippen LogP contribution in [-0.4, -0.2) is 17.9 Å². The maximum Gasteiger partial charge on any atom is 0.265 e. The minimum absolute atomic E-state index is 0.114. The number of nitrogens with one attached hydrogen (secondary N) is 2. The van der Waals surface area contributed by atoms with Gasteiger partial charge in [-0.15, -0.1) is 0 Å². The van der Waals surface area contributed by atoms with E-state index >= 15 is 0 Å². The van der Waals surface area contributed by atoms with Gasteiger partial charge in [0.25, 0.3) is 5.91 Å². The van der Waals surface area contributed by atoms with Gasteiger partial charge in [-0.3, -0.25) is 9.59 Å². The van der Waals surface area contributed by atoms with E-state index in [9.17, 15) is 9.59 Å². The van der Waals surface area contributed by atoms with Gasteiger partial charge < -0.3 is 15.4 Å². The Bertz CT molecular complexity index is 643. The molecule has 2 bridgehead atoms. The third-order valence-corrected chi connectivity index (χ3v) is 5.25. The van der Waals surface area contributed by atoms with E-state index in [0.717, 1.165) is 12.3 Å². The highest BCUT2D eigenvalue weighted by atomic mass is 16.5. The van der Waals surface area contributed by atoms with Crippen molar-refractivity contribution in [1.29, 1.82) is 0 Å². The van der Waals surface area contributed by atoms with Crippen molar-refractivity contribution in [2.24, 2.45) is 17.8 Å². The Morgan fingerprint density at radius 2 is 2.18 bits per heavy atom. The number of carbonyl (C=O) groups is 2. The lowest BCUT2D eigenvalue weighted by molar-refractivity contribution is -0.123. The standard InChI is InChI=1S/C17H20N2O3/c1-9-16(20)19-14-8-12(4-5-15(14)22-9)18-17(21)13-7-10-2-3-11(13)6-10/h4-5,8-11,13H,2-3,6-7H2,1H3,(H,18,21)(H,19,20)/t9-,10+,11+,13-/m1/s1. The Morgan fingerprint density at radius 1 is 1.32 bits per heavy atom. The van der Waals surface area contributed by atoms with Gasteiger partial charge in [-0.25, -0.2) is 0 Å². The van der Waals surface area contributed by atoms with Gasteiger partial charge in [0.15, 0.2) is 6.10 Å². The van der Waals surface area contributed by atoms with E-state index in [2.05, 4.69) is 10.6 Å². The van der Waals surface area contributed by atoms with Crippen LogP contribution in [0, 0.1) is 17.8 Å². The van der Waals surface area contributed by atoms with Crippen molar-refractivity contribution < 1.29 is 14.3 Å². The van der Waals surface area contributed by atoms with Crippen LogP contribution >= 0.6 is 0 Å². The Balaban J connectivity index is 1.48. The van der Waals surface area contributed by atoms with Crippen LogP contribution in [0.1, 0.15) is 32.6 Å². The first kappa shape index (κ1) is 13.6. The van der Waals surface area contributed by atoms with Crippen LogP contribution in [0.3, 0.4) is 0 Å². The maximum absolute atomic E-state index is 12.5. The van der Waals surface area contributed by atoms with Gasteiger partial charge in [0.1, 0.15) is 5.75 Å². The fraction of sp³-hybridized carbons (Fsp3) is 0.529. The first-order valence-corrected chi connectivity index (χ1v) is 8.02. The second-order valence-corrected chi connectivity index (χ2v) is 6.73. The van der Waals surface area contributed by atoms with Crippen molar-refractivity contribution in [3.63, 3.8) is 0 Å². The minimum atomic E-state index is -0.484. The average Bonchev–Trinajstić information content (AvgIpc) is 3.11. The zero-order chi connectivity index (χ0) is 15.3. The molecule has 4 rings (SSSR count). The molecule has 0 spiro atoms.